The Morgan fingerprint density at radius 2 is 1.95 bits per heavy atom. The fraction of sp³-hybridized carbons (Fsp3) is 0.0714. The molecule has 0 saturated carbocycles. The summed E-state index contributed by atoms with van der Waals surface area (Å²) in [5.74, 6) is -0.496. The molecule has 1 N–H and O–H groups in total. The molecule has 3 nitrogen and oxygen atoms in total. The van der Waals surface area contributed by atoms with Crippen molar-refractivity contribution < 1.29 is 14.6 Å². The molecule has 0 saturated heterocycles. The van der Waals surface area contributed by atoms with Gasteiger partial charge in [-0.05, 0) is 24.3 Å². The Labute approximate surface area is 134 Å². The van der Waals surface area contributed by atoms with Crippen LogP contribution in [0.4, 0.5) is 0 Å². The van der Waals surface area contributed by atoms with Crippen LogP contribution in [-0.2, 0) is 6.61 Å². The molecule has 0 fully saturated rings. The molecule has 104 valence electrons. The van der Waals surface area contributed by atoms with E-state index in [9.17, 15) is 4.79 Å². The minimum Gasteiger partial charge on any atom is -0.487 e. The molecule has 2 rings (SSSR count). The van der Waals surface area contributed by atoms with Crippen LogP contribution in [0.5, 0.6) is 5.75 Å². The van der Waals surface area contributed by atoms with Crippen molar-refractivity contribution in [3.8, 4) is 5.75 Å². The van der Waals surface area contributed by atoms with Crippen molar-refractivity contribution in [2.45, 2.75) is 6.61 Å². The summed E-state index contributed by atoms with van der Waals surface area (Å²) in [6, 6.07) is 9.69. The molecule has 0 aliphatic carbocycles. The molecule has 2 aromatic carbocycles. The largest absolute Gasteiger partial charge is 0.487 e. The molecule has 0 amide bonds. The lowest BCUT2D eigenvalue weighted by atomic mass is 10.1. The molecular formula is C14H9BrCl2O3. The zero-order valence-electron chi connectivity index (χ0n) is 10.1. The SMILES string of the molecule is O=C(O)c1ccc(COc2cc(Cl)ccc2Cl)c(Br)c1. The maximum Gasteiger partial charge on any atom is 0.335 e. The Morgan fingerprint density at radius 1 is 1.20 bits per heavy atom. The number of hydrogen-bond donors (Lipinski definition) is 1. The van der Waals surface area contributed by atoms with Gasteiger partial charge in [0, 0.05) is 21.1 Å². The van der Waals surface area contributed by atoms with Gasteiger partial charge < -0.3 is 9.84 Å². The predicted molar refractivity (Wildman–Crippen MR) is 81.9 cm³/mol. The summed E-state index contributed by atoms with van der Waals surface area (Å²) >= 11 is 15.2. The van der Waals surface area contributed by atoms with Gasteiger partial charge in [-0.15, -0.1) is 0 Å². The Morgan fingerprint density at radius 3 is 2.60 bits per heavy atom. The summed E-state index contributed by atoms with van der Waals surface area (Å²) in [6.45, 7) is 0.251. The number of aromatic carboxylic acids is 1. The summed E-state index contributed by atoms with van der Waals surface area (Å²) < 4.78 is 6.25. The van der Waals surface area contributed by atoms with Crippen LogP contribution in [0.2, 0.25) is 10.0 Å². The van der Waals surface area contributed by atoms with E-state index in [4.69, 9.17) is 33.0 Å². The number of carboxylic acid groups (broad SMARTS) is 1. The van der Waals surface area contributed by atoms with Crippen molar-refractivity contribution in [2.75, 3.05) is 0 Å². The molecule has 0 radical (unpaired) electrons. The first-order valence-corrected chi connectivity index (χ1v) is 7.12. The van der Waals surface area contributed by atoms with E-state index < -0.39 is 5.97 Å². The van der Waals surface area contributed by atoms with Crippen LogP contribution < -0.4 is 4.74 Å². The first-order valence-electron chi connectivity index (χ1n) is 5.57. The molecule has 0 aliphatic heterocycles. The van der Waals surface area contributed by atoms with Gasteiger partial charge in [0.05, 0.1) is 10.6 Å². The van der Waals surface area contributed by atoms with Crippen LogP contribution in [0.3, 0.4) is 0 Å². The van der Waals surface area contributed by atoms with Crippen molar-refractivity contribution in [1.82, 2.24) is 0 Å². The van der Waals surface area contributed by atoms with Gasteiger partial charge in [-0.3, -0.25) is 0 Å². The summed E-state index contributed by atoms with van der Waals surface area (Å²) in [5, 5.41) is 9.89. The molecule has 6 heteroatoms. The van der Waals surface area contributed by atoms with Gasteiger partial charge in [0.1, 0.15) is 12.4 Å². The normalized spacial score (nSPS) is 10.3. The molecule has 0 heterocycles. The van der Waals surface area contributed by atoms with E-state index in [1.54, 1.807) is 24.3 Å². The van der Waals surface area contributed by atoms with E-state index in [-0.39, 0.29) is 12.2 Å². The van der Waals surface area contributed by atoms with Gasteiger partial charge in [0.2, 0.25) is 0 Å². The third-order valence-corrected chi connectivity index (χ3v) is 3.86. The van der Waals surface area contributed by atoms with Crippen molar-refractivity contribution in [3.63, 3.8) is 0 Å². The molecule has 0 bridgehead atoms. The summed E-state index contributed by atoms with van der Waals surface area (Å²) in [5.41, 5.74) is 1.02. The first kappa shape index (κ1) is 15.2. The van der Waals surface area contributed by atoms with Crippen LogP contribution in [0.15, 0.2) is 40.9 Å². The fourth-order valence-electron chi connectivity index (χ4n) is 1.54. The van der Waals surface area contributed by atoms with Crippen LogP contribution in [-0.4, -0.2) is 11.1 Å². The Bertz CT molecular complexity index is 659. The fourth-order valence-corrected chi connectivity index (χ4v) is 2.37. The lowest BCUT2D eigenvalue weighted by molar-refractivity contribution is 0.0696. The molecule has 0 aliphatic rings. The van der Waals surface area contributed by atoms with E-state index >= 15 is 0 Å². The standard InChI is InChI=1S/C14H9BrCl2O3/c15-11-5-8(14(18)19)1-2-9(11)7-20-13-6-10(16)3-4-12(13)17/h1-6H,7H2,(H,18,19). The highest BCUT2D eigenvalue weighted by molar-refractivity contribution is 9.10. The second kappa shape index (κ2) is 6.48. The van der Waals surface area contributed by atoms with Gasteiger partial charge >= 0.3 is 5.97 Å². The number of rotatable bonds is 4. The van der Waals surface area contributed by atoms with Crippen LogP contribution in [0.25, 0.3) is 0 Å². The molecular weight excluding hydrogens is 367 g/mol. The smallest absolute Gasteiger partial charge is 0.335 e. The number of ether oxygens (including phenoxy) is 1. The Balaban J connectivity index is 2.15. The molecule has 0 spiro atoms. The van der Waals surface area contributed by atoms with E-state index in [0.29, 0.717) is 20.3 Å². The number of hydrogen-bond acceptors (Lipinski definition) is 2. The topological polar surface area (TPSA) is 46.5 Å². The molecule has 0 unspecified atom stereocenters. The summed E-state index contributed by atoms with van der Waals surface area (Å²) in [6.07, 6.45) is 0. The van der Waals surface area contributed by atoms with Crippen molar-refractivity contribution in [3.05, 3.63) is 62.0 Å². The summed E-state index contributed by atoms with van der Waals surface area (Å²) in [7, 11) is 0. The zero-order chi connectivity index (χ0) is 14.7. The van der Waals surface area contributed by atoms with Gasteiger partial charge in [0.25, 0.3) is 0 Å². The van der Waals surface area contributed by atoms with Gasteiger partial charge in [-0.25, -0.2) is 4.79 Å². The zero-order valence-corrected chi connectivity index (χ0v) is 13.2. The highest BCUT2D eigenvalue weighted by atomic mass is 79.9. The van der Waals surface area contributed by atoms with Gasteiger partial charge in [0.15, 0.2) is 0 Å². The summed E-state index contributed by atoms with van der Waals surface area (Å²) in [4.78, 5) is 10.8. The third kappa shape index (κ3) is 3.66. The minimum absolute atomic E-state index is 0.210. The van der Waals surface area contributed by atoms with Crippen molar-refractivity contribution in [1.29, 1.82) is 0 Å². The first-order chi connectivity index (χ1) is 9.47. The number of carbonyl (C=O) groups is 1. The highest BCUT2D eigenvalue weighted by Gasteiger charge is 2.08. The van der Waals surface area contributed by atoms with Crippen LogP contribution in [0.1, 0.15) is 15.9 Å². The predicted octanol–water partition coefficient (Wildman–Crippen LogP) is 5.03. The van der Waals surface area contributed by atoms with Gasteiger partial charge in [-0.2, -0.15) is 0 Å². The average molecular weight is 376 g/mol. The Kier molecular flexibility index (Phi) is 4.91. The Hall–Kier alpha value is -1.23. The number of benzene rings is 2. The maximum atomic E-state index is 10.8. The quantitative estimate of drug-likeness (QED) is 0.814. The lowest BCUT2D eigenvalue weighted by Crippen LogP contribution is -2.00. The second-order valence-electron chi connectivity index (χ2n) is 3.97. The van der Waals surface area contributed by atoms with Crippen LogP contribution in [0, 0.1) is 0 Å². The van der Waals surface area contributed by atoms with E-state index in [0.717, 1.165) is 5.56 Å². The highest BCUT2D eigenvalue weighted by Crippen LogP contribution is 2.29. The van der Waals surface area contributed by atoms with Crippen LogP contribution >= 0.6 is 39.1 Å². The van der Waals surface area contributed by atoms with E-state index in [1.807, 2.05) is 0 Å². The lowest BCUT2D eigenvalue weighted by Gasteiger charge is -2.10. The molecule has 0 aromatic heterocycles. The molecule has 2 aromatic rings. The third-order valence-electron chi connectivity index (χ3n) is 2.58. The monoisotopic (exact) mass is 374 g/mol. The number of carboxylic acids is 1. The minimum atomic E-state index is -0.976. The average Bonchev–Trinajstić information content (AvgIpc) is 2.40. The molecule has 0 atom stereocenters. The maximum absolute atomic E-state index is 10.8. The van der Waals surface area contributed by atoms with Gasteiger partial charge in [-0.1, -0.05) is 45.2 Å². The van der Waals surface area contributed by atoms with Crippen molar-refractivity contribution in [2.24, 2.45) is 0 Å². The molecule has 20 heavy (non-hydrogen) atoms. The van der Waals surface area contributed by atoms with Crippen molar-refractivity contribution >= 4 is 45.1 Å². The number of halogens is 3. The van der Waals surface area contributed by atoms with E-state index in [2.05, 4.69) is 15.9 Å². The van der Waals surface area contributed by atoms with E-state index in [1.165, 1.54) is 12.1 Å². The second-order valence-corrected chi connectivity index (χ2v) is 5.67.